The van der Waals surface area contributed by atoms with Gasteiger partial charge in [0, 0.05) is 23.6 Å². The highest BCUT2D eigenvalue weighted by molar-refractivity contribution is 5.97. The summed E-state index contributed by atoms with van der Waals surface area (Å²) in [6, 6.07) is 11.9. The Morgan fingerprint density at radius 3 is 2.63 bits per heavy atom. The molecule has 0 saturated heterocycles. The van der Waals surface area contributed by atoms with E-state index in [1.54, 1.807) is 24.3 Å². The molecule has 156 valence electrons. The zero-order valence-corrected chi connectivity index (χ0v) is 17.1. The van der Waals surface area contributed by atoms with Gasteiger partial charge in [0.1, 0.15) is 17.9 Å². The minimum Gasteiger partial charge on any atom is -0.496 e. The first-order chi connectivity index (χ1) is 14.4. The summed E-state index contributed by atoms with van der Waals surface area (Å²) in [5.74, 6) is -0.365. The number of benzene rings is 2. The second-order valence-electron chi connectivity index (χ2n) is 6.84. The molecule has 0 saturated carbocycles. The summed E-state index contributed by atoms with van der Waals surface area (Å²) < 4.78 is 15.8. The number of carbonyl (C=O) groups excluding carboxylic acids is 2. The molecule has 0 aliphatic heterocycles. The summed E-state index contributed by atoms with van der Waals surface area (Å²) in [5, 5.41) is 3.40. The normalized spacial score (nSPS) is 10.6. The summed E-state index contributed by atoms with van der Waals surface area (Å²) in [5.41, 5.74) is 2.85. The van der Waals surface area contributed by atoms with Gasteiger partial charge in [0.2, 0.25) is 0 Å². The van der Waals surface area contributed by atoms with Crippen LogP contribution in [0.2, 0.25) is 0 Å². The van der Waals surface area contributed by atoms with Crippen molar-refractivity contribution in [2.45, 2.75) is 26.9 Å². The van der Waals surface area contributed by atoms with Crippen LogP contribution in [-0.4, -0.2) is 25.5 Å². The Morgan fingerprint density at radius 1 is 1.10 bits per heavy atom. The number of fused-ring (bicyclic) bond motifs is 1. The lowest BCUT2D eigenvalue weighted by Gasteiger charge is -2.10. The van der Waals surface area contributed by atoms with E-state index in [0.717, 1.165) is 16.5 Å². The molecule has 0 atom stereocenters. The first kappa shape index (κ1) is 21.1. The number of methoxy groups -OCH3 is 1. The van der Waals surface area contributed by atoms with E-state index in [9.17, 15) is 14.4 Å². The molecule has 1 N–H and O–H groups in total. The van der Waals surface area contributed by atoms with Crippen molar-refractivity contribution in [3.63, 3.8) is 0 Å². The van der Waals surface area contributed by atoms with Gasteiger partial charge in [-0.2, -0.15) is 0 Å². The number of para-hydroxylation sites is 1. The fraction of sp³-hybridized carbons (Fsp3) is 0.261. The fourth-order valence-electron chi connectivity index (χ4n) is 3.08. The standard InChI is InChI=1S/C23H23NO6/c1-14-8-9-17-16(12-21(26)30-22(17)15(14)2)13-29-20(25)10-11-24-23(27)18-6-4-5-7-19(18)28-3/h4-9,12H,10-11,13H2,1-3H3,(H,24,27). The monoisotopic (exact) mass is 409 g/mol. The Hall–Kier alpha value is -3.61. The van der Waals surface area contributed by atoms with Crippen LogP contribution in [0.15, 0.2) is 51.7 Å². The lowest BCUT2D eigenvalue weighted by Crippen LogP contribution is -2.26. The van der Waals surface area contributed by atoms with Gasteiger partial charge >= 0.3 is 11.6 Å². The molecule has 1 amide bonds. The maximum atomic E-state index is 12.2. The highest BCUT2D eigenvalue weighted by atomic mass is 16.5. The molecule has 30 heavy (non-hydrogen) atoms. The maximum absolute atomic E-state index is 12.2. The average Bonchev–Trinajstić information content (AvgIpc) is 2.74. The van der Waals surface area contributed by atoms with Gasteiger partial charge in [-0.3, -0.25) is 9.59 Å². The third kappa shape index (κ3) is 4.68. The van der Waals surface area contributed by atoms with Gasteiger partial charge in [0.05, 0.1) is 19.1 Å². The number of aryl methyl sites for hydroxylation is 2. The molecule has 3 aromatic rings. The maximum Gasteiger partial charge on any atom is 0.336 e. The van der Waals surface area contributed by atoms with Crippen molar-refractivity contribution in [3.8, 4) is 5.75 Å². The van der Waals surface area contributed by atoms with Crippen molar-refractivity contribution in [1.82, 2.24) is 5.32 Å². The number of amides is 1. The molecule has 3 rings (SSSR count). The van der Waals surface area contributed by atoms with Crippen molar-refractivity contribution in [2.24, 2.45) is 0 Å². The zero-order chi connectivity index (χ0) is 21.7. The molecule has 0 aliphatic carbocycles. The topological polar surface area (TPSA) is 94.8 Å². The van der Waals surface area contributed by atoms with Crippen molar-refractivity contribution in [1.29, 1.82) is 0 Å². The SMILES string of the molecule is COc1ccccc1C(=O)NCCC(=O)OCc1cc(=O)oc2c(C)c(C)ccc12. The van der Waals surface area contributed by atoms with Crippen LogP contribution in [-0.2, 0) is 16.1 Å². The lowest BCUT2D eigenvalue weighted by atomic mass is 10.0. The quantitative estimate of drug-likeness (QED) is 0.475. The van der Waals surface area contributed by atoms with Gasteiger partial charge in [-0.1, -0.05) is 24.3 Å². The fourth-order valence-corrected chi connectivity index (χ4v) is 3.08. The summed E-state index contributed by atoms with van der Waals surface area (Å²) in [6.45, 7) is 3.87. The smallest absolute Gasteiger partial charge is 0.336 e. The van der Waals surface area contributed by atoms with E-state index in [0.29, 0.717) is 22.5 Å². The van der Waals surface area contributed by atoms with Gasteiger partial charge in [-0.25, -0.2) is 4.79 Å². The Labute approximate surface area is 173 Å². The molecular weight excluding hydrogens is 386 g/mol. The van der Waals surface area contributed by atoms with E-state index in [1.807, 2.05) is 26.0 Å². The Balaban J connectivity index is 1.58. The molecular formula is C23H23NO6. The summed E-state index contributed by atoms with van der Waals surface area (Å²) in [7, 11) is 1.49. The van der Waals surface area contributed by atoms with Gasteiger partial charge < -0.3 is 19.2 Å². The van der Waals surface area contributed by atoms with Crippen LogP contribution in [0.4, 0.5) is 0 Å². The molecule has 0 bridgehead atoms. The first-order valence-electron chi connectivity index (χ1n) is 9.50. The van der Waals surface area contributed by atoms with Crippen molar-refractivity contribution < 1.29 is 23.5 Å². The van der Waals surface area contributed by atoms with Crippen LogP contribution in [0.25, 0.3) is 11.0 Å². The Morgan fingerprint density at radius 2 is 1.87 bits per heavy atom. The molecule has 0 aliphatic rings. The van der Waals surface area contributed by atoms with Crippen LogP contribution in [0.3, 0.4) is 0 Å². The summed E-state index contributed by atoms with van der Waals surface area (Å²) >= 11 is 0. The second kappa shape index (κ2) is 9.26. The third-order valence-electron chi connectivity index (χ3n) is 4.87. The first-order valence-corrected chi connectivity index (χ1v) is 9.50. The number of nitrogens with one attached hydrogen (secondary N) is 1. The number of ether oxygens (including phenoxy) is 2. The van der Waals surface area contributed by atoms with Crippen molar-refractivity contribution in [2.75, 3.05) is 13.7 Å². The second-order valence-corrected chi connectivity index (χ2v) is 6.84. The van der Waals surface area contributed by atoms with E-state index in [-0.39, 0.29) is 25.5 Å². The lowest BCUT2D eigenvalue weighted by molar-refractivity contribution is -0.144. The molecule has 0 unspecified atom stereocenters. The molecule has 2 aromatic carbocycles. The minimum absolute atomic E-state index is 0.00159. The van der Waals surface area contributed by atoms with Crippen LogP contribution in [0.5, 0.6) is 5.75 Å². The van der Waals surface area contributed by atoms with Gasteiger partial charge in [-0.15, -0.1) is 0 Å². The molecule has 1 aromatic heterocycles. The molecule has 7 heteroatoms. The zero-order valence-electron chi connectivity index (χ0n) is 17.1. The largest absolute Gasteiger partial charge is 0.496 e. The van der Waals surface area contributed by atoms with E-state index in [2.05, 4.69) is 5.32 Å². The number of hydrogen-bond donors (Lipinski definition) is 1. The third-order valence-corrected chi connectivity index (χ3v) is 4.87. The van der Waals surface area contributed by atoms with Crippen LogP contribution in [0.1, 0.15) is 33.5 Å². The number of hydrogen-bond acceptors (Lipinski definition) is 6. The Bertz CT molecular complexity index is 1150. The average molecular weight is 409 g/mol. The van der Waals surface area contributed by atoms with E-state index in [1.165, 1.54) is 13.2 Å². The van der Waals surface area contributed by atoms with Gasteiger partial charge in [0.25, 0.3) is 5.91 Å². The predicted octanol–water partition coefficient (Wildman–Crippen LogP) is 3.28. The number of carbonyl (C=O) groups is 2. The molecule has 1 heterocycles. The van der Waals surface area contributed by atoms with E-state index >= 15 is 0 Å². The van der Waals surface area contributed by atoms with Crippen LogP contribution >= 0.6 is 0 Å². The van der Waals surface area contributed by atoms with Crippen LogP contribution < -0.4 is 15.7 Å². The number of rotatable bonds is 7. The summed E-state index contributed by atoms with van der Waals surface area (Å²) in [4.78, 5) is 36.2. The van der Waals surface area contributed by atoms with Gasteiger partial charge in [-0.05, 0) is 37.1 Å². The highest BCUT2D eigenvalue weighted by Crippen LogP contribution is 2.23. The van der Waals surface area contributed by atoms with Crippen molar-refractivity contribution in [3.05, 3.63) is 75.1 Å². The van der Waals surface area contributed by atoms with E-state index in [4.69, 9.17) is 13.9 Å². The van der Waals surface area contributed by atoms with Crippen LogP contribution in [0, 0.1) is 13.8 Å². The van der Waals surface area contributed by atoms with Gasteiger partial charge in [0.15, 0.2) is 0 Å². The molecule has 0 radical (unpaired) electrons. The molecule has 0 fully saturated rings. The molecule has 0 spiro atoms. The van der Waals surface area contributed by atoms with Crippen molar-refractivity contribution >= 4 is 22.8 Å². The predicted molar refractivity (Wildman–Crippen MR) is 112 cm³/mol. The van der Waals surface area contributed by atoms with E-state index < -0.39 is 11.6 Å². The number of esters is 1. The highest BCUT2D eigenvalue weighted by Gasteiger charge is 2.14. The molecule has 7 nitrogen and oxygen atoms in total. The Kier molecular flexibility index (Phi) is 6.51. The summed E-state index contributed by atoms with van der Waals surface area (Å²) in [6.07, 6.45) is -0.00159. The minimum atomic E-state index is -0.494.